The second-order valence-electron chi connectivity index (χ2n) is 5.90. The summed E-state index contributed by atoms with van der Waals surface area (Å²) in [6.45, 7) is 2.43. The molecule has 0 spiro atoms. The highest BCUT2D eigenvalue weighted by atomic mass is 19.2. The van der Waals surface area contributed by atoms with E-state index in [9.17, 15) is 18.4 Å². The molecule has 0 atom stereocenters. The summed E-state index contributed by atoms with van der Waals surface area (Å²) < 4.78 is 35.8. The van der Waals surface area contributed by atoms with Gasteiger partial charge < -0.3 is 9.47 Å². The maximum absolute atomic E-state index is 13.0. The summed E-state index contributed by atoms with van der Waals surface area (Å²) >= 11 is 0. The summed E-state index contributed by atoms with van der Waals surface area (Å²) in [6, 6.07) is 3.32. The number of esters is 2. The Balaban J connectivity index is 2.07. The molecule has 1 rings (SSSR count). The number of halogens is 2. The van der Waals surface area contributed by atoms with E-state index in [1.165, 1.54) is 18.9 Å². The molecule has 25 heavy (non-hydrogen) atoms. The molecule has 140 valence electrons. The van der Waals surface area contributed by atoms with Crippen LogP contribution in [0.4, 0.5) is 8.78 Å². The maximum Gasteiger partial charge on any atom is 0.306 e. The van der Waals surface area contributed by atoms with Gasteiger partial charge in [0.1, 0.15) is 6.61 Å². The molecule has 0 aliphatic carbocycles. The molecule has 4 nitrogen and oxygen atoms in total. The molecule has 0 bridgehead atoms. The van der Waals surface area contributed by atoms with E-state index >= 15 is 0 Å². The quantitative estimate of drug-likeness (QED) is 0.403. The van der Waals surface area contributed by atoms with Crippen LogP contribution in [0, 0.1) is 11.6 Å². The number of hydrogen-bond donors (Lipinski definition) is 0. The van der Waals surface area contributed by atoms with Gasteiger partial charge in [0.05, 0.1) is 6.61 Å². The molecule has 0 aliphatic rings. The van der Waals surface area contributed by atoms with Crippen LogP contribution in [0.3, 0.4) is 0 Å². The molecule has 1 aromatic rings. The van der Waals surface area contributed by atoms with E-state index in [4.69, 9.17) is 9.47 Å². The molecule has 0 aromatic heterocycles. The van der Waals surface area contributed by atoms with Crippen LogP contribution < -0.4 is 0 Å². The third kappa shape index (κ3) is 9.79. The molecule has 0 N–H and O–H groups in total. The van der Waals surface area contributed by atoms with Crippen LogP contribution in [0.1, 0.15) is 63.9 Å². The van der Waals surface area contributed by atoms with Gasteiger partial charge in [-0.25, -0.2) is 8.78 Å². The average Bonchev–Trinajstić information content (AvgIpc) is 2.59. The van der Waals surface area contributed by atoms with Crippen LogP contribution >= 0.6 is 0 Å². The molecule has 0 aliphatic heterocycles. The number of ether oxygens (including phenoxy) is 2. The van der Waals surface area contributed by atoms with Crippen molar-refractivity contribution in [2.75, 3.05) is 6.61 Å². The number of benzene rings is 1. The molecule has 0 saturated carbocycles. The largest absolute Gasteiger partial charge is 0.466 e. The summed E-state index contributed by atoms with van der Waals surface area (Å²) in [4.78, 5) is 23.1. The first-order valence-corrected chi connectivity index (χ1v) is 8.78. The Morgan fingerprint density at radius 2 is 1.56 bits per heavy atom. The summed E-state index contributed by atoms with van der Waals surface area (Å²) in [5, 5.41) is 0. The molecular formula is C19H26F2O4. The van der Waals surface area contributed by atoms with Crippen molar-refractivity contribution in [3.63, 3.8) is 0 Å². The highest BCUT2D eigenvalue weighted by molar-refractivity contribution is 5.72. The van der Waals surface area contributed by atoms with Crippen molar-refractivity contribution in [2.24, 2.45) is 0 Å². The fraction of sp³-hybridized carbons (Fsp3) is 0.579. The fourth-order valence-corrected chi connectivity index (χ4v) is 2.21. The minimum Gasteiger partial charge on any atom is -0.466 e. The molecule has 0 amide bonds. The van der Waals surface area contributed by atoms with Gasteiger partial charge >= 0.3 is 11.9 Å². The Morgan fingerprint density at radius 1 is 0.880 bits per heavy atom. The lowest BCUT2D eigenvalue weighted by molar-refractivity contribution is -0.146. The molecule has 0 fully saturated rings. The maximum atomic E-state index is 13.0. The predicted molar refractivity (Wildman–Crippen MR) is 89.7 cm³/mol. The van der Waals surface area contributed by atoms with Gasteiger partial charge in [0.2, 0.25) is 0 Å². The van der Waals surface area contributed by atoms with Crippen molar-refractivity contribution in [1.29, 1.82) is 0 Å². The number of rotatable bonds is 12. The van der Waals surface area contributed by atoms with E-state index in [0.717, 1.165) is 31.4 Å². The minimum absolute atomic E-state index is 0.0786. The molecular weight excluding hydrogens is 330 g/mol. The van der Waals surface area contributed by atoms with E-state index in [0.29, 0.717) is 18.6 Å². The van der Waals surface area contributed by atoms with Crippen LogP contribution in [0.25, 0.3) is 0 Å². The third-order valence-corrected chi connectivity index (χ3v) is 3.66. The first kappa shape index (κ1) is 21.1. The fourth-order valence-electron chi connectivity index (χ4n) is 2.21. The van der Waals surface area contributed by atoms with Gasteiger partial charge in [-0.05, 0) is 30.5 Å². The van der Waals surface area contributed by atoms with Crippen LogP contribution in [-0.4, -0.2) is 18.5 Å². The van der Waals surface area contributed by atoms with Gasteiger partial charge in [-0.3, -0.25) is 9.59 Å². The van der Waals surface area contributed by atoms with Gasteiger partial charge in [0, 0.05) is 12.8 Å². The van der Waals surface area contributed by atoms with E-state index < -0.39 is 17.6 Å². The van der Waals surface area contributed by atoms with E-state index in [1.807, 2.05) is 0 Å². The monoisotopic (exact) mass is 356 g/mol. The Kier molecular flexibility index (Phi) is 10.4. The van der Waals surface area contributed by atoms with E-state index in [-0.39, 0.29) is 25.4 Å². The average molecular weight is 356 g/mol. The normalized spacial score (nSPS) is 10.5. The number of carbonyl (C=O) groups is 2. The molecule has 0 radical (unpaired) electrons. The number of hydrogen-bond acceptors (Lipinski definition) is 4. The Bertz CT molecular complexity index is 546. The first-order chi connectivity index (χ1) is 12.0. The van der Waals surface area contributed by atoms with E-state index in [1.54, 1.807) is 0 Å². The smallest absolute Gasteiger partial charge is 0.306 e. The summed E-state index contributed by atoms with van der Waals surface area (Å²) in [5.74, 6) is -2.73. The predicted octanol–water partition coefficient (Wildman–Crippen LogP) is 4.69. The van der Waals surface area contributed by atoms with Gasteiger partial charge in [0.15, 0.2) is 11.6 Å². The van der Waals surface area contributed by atoms with Gasteiger partial charge in [-0.15, -0.1) is 0 Å². The van der Waals surface area contributed by atoms with Crippen molar-refractivity contribution < 1.29 is 27.8 Å². The molecule has 1 aromatic carbocycles. The number of unbranched alkanes of at least 4 members (excludes halogenated alkanes) is 4. The van der Waals surface area contributed by atoms with Crippen molar-refractivity contribution in [3.05, 3.63) is 35.4 Å². The van der Waals surface area contributed by atoms with Crippen molar-refractivity contribution in [3.8, 4) is 0 Å². The number of carbonyl (C=O) groups excluding carboxylic acids is 2. The summed E-state index contributed by atoms with van der Waals surface area (Å²) in [5.41, 5.74) is 0.370. The Labute approximate surface area is 147 Å². The van der Waals surface area contributed by atoms with E-state index in [2.05, 4.69) is 6.92 Å². The lowest BCUT2D eigenvalue weighted by Crippen LogP contribution is -2.09. The topological polar surface area (TPSA) is 52.6 Å². The lowest BCUT2D eigenvalue weighted by atomic mass is 10.2. The van der Waals surface area contributed by atoms with Crippen LogP contribution in [0.2, 0.25) is 0 Å². The zero-order chi connectivity index (χ0) is 18.5. The first-order valence-electron chi connectivity index (χ1n) is 8.78. The molecule has 0 saturated heterocycles. The second kappa shape index (κ2) is 12.4. The lowest BCUT2D eigenvalue weighted by Gasteiger charge is -2.06. The Hall–Kier alpha value is -1.98. The van der Waals surface area contributed by atoms with Gasteiger partial charge in [0.25, 0.3) is 0 Å². The van der Waals surface area contributed by atoms with Gasteiger partial charge in [-0.1, -0.05) is 38.7 Å². The Morgan fingerprint density at radius 3 is 2.24 bits per heavy atom. The standard InChI is InChI=1S/C19H26F2O4/c1-2-3-4-5-6-12-24-18(22)8-7-9-19(23)25-14-15-10-11-16(20)17(21)13-15/h10-11,13H,2-9,12,14H2,1H3. The summed E-state index contributed by atoms with van der Waals surface area (Å²) in [6.07, 6.45) is 6.01. The van der Waals surface area contributed by atoms with Crippen LogP contribution in [0.5, 0.6) is 0 Å². The highest BCUT2D eigenvalue weighted by Crippen LogP contribution is 2.10. The molecule has 6 heteroatoms. The minimum atomic E-state index is -0.981. The molecule has 0 unspecified atom stereocenters. The molecule has 0 heterocycles. The van der Waals surface area contributed by atoms with Gasteiger partial charge in [-0.2, -0.15) is 0 Å². The summed E-state index contributed by atoms with van der Waals surface area (Å²) in [7, 11) is 0. The third-order valence-electron chi connectivity index (χ3n) is 3.66. The highest BCUT2D eigenvalue weighted by Gasteiger charge is 2.09. The van der Waals surface area contributed by atoms with Crippen molar-refractivity contribution in [2.45, 2.75) is 64.9 Å². The van der Waals surface area contributed by atoms with Crippen molar-refractivity contribution in [1.82, 2.24) is 0 Å². The van der Waals surface area contributed by atoms with Crippen LogP contribution in [0.15, 0.2) is 18.2 Å². The SMILES string of the molecule is CCCCCCCOC(=O)CCCC(=O)OCc1ccc(F)c(F)c1. The van der Waals surface area contributed by atoms with Crippen LogP contribution in [-0.2, 0) is 25.7 Å². The zero-order valence-electron chi connectivity index (χ0n) is 14.7. The van der Waals surface area contributed by atoms with Crippen molar-refractivity contribution >= 4 is 11.9 Å². The zero-order valence-corrected chi connectivity index (χ0v) is 14.7. The second-order valence-corrected chi connectivity index (χ2v) is 5.90.